The maximum absolute atomic E-state index is 13.1. The fourth-order valence-corrected chi connectivity index (χ4v) is 1.09. The highest BCUT2D eigenvalue weighted by Crippen LogP contribution is 2.19. The Morgan fingerprint density at radius 3 is 2.31 bits per heavy atom. The third-order valence-electron chi connectivity index (χ3n) is 1.93. The summed E-state index contributed by atoms with van der Waals surface area (Å²) in [4.78, 5) is 1.89. The standard InChI is InChI=1S/C11H12F2N2O/c1-15(2)3-4-16-8-5-10(12)9(7-14)11(13)6-8/h5-6H,3-4H2,1-2H3. The van der Waals surface area contributed by atoms with Crippen LogP contribution in [-0.2, 0) is 0 Å². The maximum atomic E-state index is 13.1. The SMILES string of the molecule is CN(C)CCOc1cc(F)c(C#N)c(F)c1. The normalized spacial score (nSPS) is 10.2. The van der Waals surface area contributed by atoms with Crippen molar-refractivity contribution in [2.45, 2.75) is 0 Å². The molecule has 1 rings (SSSR count). The number of nitrogens with zero attached hydrogens (tertiary/aromatic N) is 2. The molecule has 0 heterocycles. The van der Waals surface area contributed by atoms with Gasteiger partial charge in [-0.2, -0.15) is 5.26 Å². The average Bonchev–Trinajstić information content (AvgIpc) is 2.16. The second kappa shape index (κ2) is 5.42. The zero-order valence-electron chi connectivity index (χ0n) is 9.13. The topological polar surface area (TPSA) is 36.3 Å². The highest BCUT2D eigenvalue weighted by molar-refractivity contribution is 5.37. The Bertz CT molecular complexity index is 390. The van der Waals surface area contributed by atoms with Crippen LogP contribution in [0.1, 0.15) is 5.56 Å². The molecule has 16 heavy (non-hydrogen) atoms. The molecule has 0 saturated carbocycles. The van der Waals surface area contributed by atoms with E-state index in [9.17, 15) is 8.78 Å². The minimum absolute atomic E-state index is 0.0934. The van der Waals surface area contributed by atoms with Crippen LogP contribution in [0.3, 0.4) is 0 Å². The average molecular weight is 226 g/mol. The third kappa shape index (κ3) is 3.17. The molecule has 0 aliphatic rings. The number of ether oxygens (including phenoxy) is 1. The first kappa shape index (κ1) is 12.4. The van der Waals surface area contributed by atoms with Crippen LogP contribution < -0.4 is 4.74 Å². The molecule has 5 heteroatoms. The number of hydrogen-bond acceptors (Lipinski definition) is 3. The van der Waals surface area contributed by atoms with Crippen LogP contribution >= 0.6 is 0 Å². The van der Waals surface area contributed by atoms with Gasteiger partial charge in [0.2, 0.25) is 0 Å². The lowest BCUT2D eigenvalue weighted by Crippen LogP contribution is -2.19. The quantitative estimate of drug-likeness (QED) is 0.785. The van der Waals surface area contributed by atoms with Crippen LogP contribution in [-0.4, -0.2) is 32.1 Å². The van der Waals surface area contributed by atoms with E-state index in [0.717, 1.165) is 12.1 Å². The minimum atomic E-state index is -0.901. The highest BCUT2D eigenvalue weighted by atomic mass is 19.1. The Morgan fingerprint density at radius 2 is 1.88 bits per heavy atom. The van der Waals surface area contributed by atoms with Gasteiger partial charge in [-0.3, -0.25) is 0 Å². The van der Waals surface area contributed by atoms with Crippen LogP contribution in [0.2, 0.25) is 0 Å². The Hall–Kier alpha value is -1.67. The monoisotopic (exact) mass is 226 g/mol. The van der Waals surface area contributed by atoms with E-state index in [1.54, 1.807) is 0 Å². The summed E-state index contributed by atoms with van der Waals surface area (Å²) in [6.45, 7) is 0.973. The molecule has 0 spiro atoms. The summed E-state index contributed by atoms with van der Waals surface area (Å²) in [5.41, 5.74) is -0.583. The Labute approximate surface area is 92.9 Å². The molecule has 0 N–H and O–H groups in total. The number of nitriles is 1. The molecule has 0 atom stereocenters. The zero-order valence-corrected chi connectivity index (χ0v) is 9.13. The van der Waals surface area contributed by atoms with Crippen LogP contribution in [0.5, 0.6) is 5.75 Å². The molecule has 1 aromatic carbocycles. The van der Waals surface area contributed by atoms with Crippen molar-refractivity contribution in [3.63, 3.8) is 0 Å². The first-order chi connectivity index (χ1) is 7.54. The van der Waals surface area contributed by atoms with Crippen LogP contribution in [0.4, 0.5) is 8.78 Å². The van der Waals surface area contributed by atoms with Gasteiger partial charge in [-0.25, -0.2) is 8.78 Å². The molecule has 86 valence electrons. The number of halogens is 2. The lowest BCUT2D eigenvalue weighted by molar-refractivity contribution is 0.259. The zero-order chi connectivity index (χ0) is 12.1. The number of rotatable bonds is 4. The van der Waals surface area contributed by atoms with Crippen molar-refractivity contribution >= 4 is 0 Å². The largest absolute Gasteiger partial charge is 0.492 e. The van der Waals surface area contributed by atoms with E-state index < -0.39 is 17.2 Å². The highest BCUT2D eigenvalue weighted by Gasteiger charge is 2.11. The molecule has 0 amide bonds. The summed E-state index contributed by atoms with van der Waals surface area (Å²) >= 11 is 0. The molecule has 0 aromatic heterocycles. The van der Waals surface area contributed by atoms with Crippen molar-refractivity contribution in [1.29, 1.82) is 5.26 Å². The van der Waals surface area contributed by atoms with Gasteiger partial charge in [0.25, 0.3) is 0 Å². The number of hydrogen-bond donors (Lipinski definition) is 0. The smallest absolute Gasteiger partial charge is 0.147 e. The summed E-state index contributed by atoms with van der Waals surface area (Å²) < 4.78 is 31.4. The van der Waals surface area contributed by atoms with E-state index in [1.807, 2.05) is 19.0 Å². The van der Waals surface area contributed by atoms with Crippen LogP contribution in [0.15, 0.2) is 12.1 Å². The molecule has 0 aliphatic carbocycles. The molecule has 0 fully saturated rings. The lowest BCUT2D eigenvalue weighted by Gasteiger charge is -2.11. The predicted octanol–water partition coefficient (Wildman–Crippen LogP) is 1.78. The van der Waals surface area contributed by atoms with Crippen molar-refractivity contribution in [3.05, 3.63) is 29.3 Å². The van der Waals surface area contributed by atoms with Crippen LogP contribution in [0, 0.1) is 23.0 Å². The molecule has 0 radical (unpaired) electrons. The van der Waals surface area contributed by atoms with Crippen LogP contribution in [0.25, 0.3) is 0 Å². The first-order valence-electron chi connectivity index (χ1n) is 4.71. The second-order valence-electron chi connectivity index (χ2n) is 3.53. The Kier molecular flexibility index (Phi) is 4.20. The van der Waals surface area contributed by atoms with Gasteiger partial charge in [-0.1, -0.05) is 0 Å². The summed E-state index contributed by atoms with van der Waals surface area (Å²) in [6.07, 6.45) is 0. The van der Waals surface area contributed by atoms with E-state index in [2.05, 4.69) is 0 Å². The molecular weight excluding hydrogens is 214 g/mol. The molecular formula is C11H12F2N2O. The van der Waals surface area contributed by atoms with Gasteiger partial charge < -0.3 is 9.64 Å². The number of likely N-dealkylation sites (N-methyl/N-ethyl adjacent to an activating group) is 1. The summed E-state index contributed by atoms with van der Waals surface area (Å²) in [7, 11) is 3.73. The van der Waals surface area contributed by atoms with Gasteiger partial charge in [0.15, 0.2) is 0 Å². The van der Waals surface area contributed by atoms with Gasteiger partial charge in [0.05, 0.1) is 0 Å². The molecule has 3 nitrogen and oxygen atoms in total. The van der Waals surface area contributed by atoms with Crippen molar-refractivity contribution in [3.8, 4) is 11.8 Å². The predicted molar refractivity (Wildman–Crippen MR) is 55.1 cm³/mol. The molecule has 0 aliphatic heterocycles. The summed E-state index contributed by atoms with van der Waals surface area (Å²) in [5.74, 6) is -1.71. The fourth-order valence-electron chi connectivity index (χ4n) is 1.09. The van der Waals surface area contributed by atoms with Crippen molar-refractivity contribution in [2.24, 2.45) is 0 Å². The summed E-state index contributed by atoms with van der Waals surface area (Å²) in [5, 5.41) is 8.46. The van der Waals surface area contributed by atoms with Crippen molar-refractivity contribution in [1.82, 2.24) is 4.90 Å². The van der Waals surface area contributed by atoms with Crippen molar-refractivity contribution in [2.75, 3.05) is 27.2 Å². The van der Waals surface area contributed by atoms with Gasteiger partial charge in [-0.15, -0.1) is 0 Å². The first-order valence-corrected chi connectivity index (χ1v) is 4.71. The van der Waals surface area contributed by atoms with E-state index in [-0.39, 0.29) is 5.75 Å². The van der Waals surface area contributed by atoms with E-state index >= 15 is 0 Å². The Balaban J connectivity index is 2.73. The third-order valence-corrected chi connectivity index (χ3v) is 1.93. The Morgan fingerprint density at radius 1 is 1.31 bits per heavy atom. The molecule has 1 aromatic rings. The van der Waals surface area contributed by atoms with Gasteiger partial charge >= 0.3 is 0 Å². The minimum Gasteiger partial charge on any atom is -0.492 e. The van der Waals surface area contributed by atoms with Gasteiger partial charge in [-0.05, 0) is 14.1 Å². The van der Waals surface area contributed by atoms with E-state index in [0.29, 0.717) is 13.2 Å². The number of benzene rings is 1. The van der Waals surface area contributed by atoms with Crippen molar-refractivity contribution < 1.29 is 13.5 Å². The molecule has 0 saturated heterocycles. The molecule has 0 bridgehead atoms. The fraction of sp³-hybridized carbons (Fsp3) is 0.364. The van der Waals surface area contributed by atoms with Gasteiger partial charge in [0, 0.05) is 18.7 Å². The van der Waals surface area contributed by atoms with E-state index in [1.165, 1.54) is 6.07 Å². The second-order valence-corrected chi connectivity index (χ2v) is 3.53. The lowest BCUT2D eigenvalue weighted by atomic mass is 10.2. The maximum Gasteiger partial charge on any atom is 0.147 e. The molecule has 0 unspecified atom stereocenters. The van der Waals surface area contributed by atoms with E-state index in [4.69, 9.17) is 10.00 Å². The summed E-state index contributed by atoms with van der Waals surface area (Å²) in [6, 6.07) is 3.47. The van der Waals surface area contributed by atoms with Gasteiger partial charge in [0.1, 0.15) is 35.6 Å².